The predicted molar refractivity (Wildman–Crippen MR) is 90.6 cm³/mol. The maximum Gasteiger partial charge on any atom is 0.228 e. The molecule has 6 rings (SSSR count). The molecule has 3 nitrogen and oxygen atoms in total. The summed E-state index contributed by atoms with van der Waals surface area (Å²) in [7, 11) is 0. The van der Waals surface area contributed by atoms with Gasteiger partial charge >= 0.3 is 0 Å². The number of fused-ring (bicyclic) bond motifs is 1. The number of likely N-dealkylation sites (tertiary alicyclic amines) is 1. The zero-order valence-corrected chi connectivity index (χ0v) is 14.8. The topological polar surface area (TPSA) is 46.3 Å². The van der Waals surface area contributed by atoms with Crippen molar-refractivity contribution in [2.45, 2.75) is 71.3 Å². The highest BCUT2D eigenvalue weighted by molar-refractivity contribution is 5.84. The van der Waals surface area contributed by atoms with Crippen molar-refractivity contribution in [3.8, 4) is 0 Å². The van der Waals surface area contributed by atoms with Crippen LogP contribution in [0.3, 0.4) is 0 Å². The third-order valence-corrected chi connectivity index (χ3v) is 8.28. The van der Waals surface area contributed by atoms with Crippen molar-refractivity contribution in [3.63, 3.8) is 0 Å². The van der Waals surface area contributed by atoms with Gasteiger partial charge in [0.2, 0.25) is 5.91 Å². The molecule has 1 amide bonds. The van der Waals surface area contributed by atoms with Crippen LogP contribution in [0.2, 0.25) is 0 Å². The van der Waals surface area contributed by atoms with Crippen molar-refractivity contribution in [1.82, 2.24) is 4.90 Å². The van der Waals surface area contributed by atoms with Crippen LogP contribution in [0.15, 0.2) is 0 Å². The van der Waals surface area contributed by atoms with Gasteiger partial charge in [0, 0.05) is 19.1 Å². The van der Waals surface area contributed by atoms with Crippen molar-refractivity contribution in [2.75, 3.05) is 13.1 Å². The summed E-state index contributed by atoms with van der Waals surface area (Å²) in [4.78, 5) is 15.9. The Balaban J connectivity index is 1.42. The second-order valence-electron chi connectivity index (χ2n) is 10.8. The lowest BCUT2D eigenvalue weighted by atomic mass is 9.40. The molecule has 1 aliphatic heterocycles. The highest BCUT2D eigenvalue weighted by Gasteiger charge is 2.63. The molecule has 6 fully saturated rings. The second kappa shape index (κ2) is 4.33. The van der Waals surface area contributed by atoms with Crippen molar-refractivity contribution in [1.29, 1.82) is 0 Å². The van der Waals surface area contributed by atoms with E-state index >= 15 is 0 Å². The molecular weight excluding hydrogens is 284 g/mol. The molecule has 128 valence electrons. The quantitative estimate of drug-likeness (QED) is 0.807. The third-order valence-electron chi connectivity index (χ3n) is 8.28. The zero-order chi connectivity index (χ0) is 16.0. The van der Waals surface area contributed by atoms with E-state index in [4.69, 9.17) is 5.73 Å². The minimum absolute atomic E-state index is 0.0222. The number of nitrogens with two attached hydrogens (primary N) is 1. The molecule has 1 heterocycles. The van der Waals surface area contributed by atoms with Gasteiger partial charge in [0.25, 0.3) is 0 Å². The highest BCUT2D eigenvalue weighted by Crippen LogP contribution is 2.70. The fraction of sp³-hybridized carbons (Fsp3) is 0.950. The molecule has 2 N–H and O–H groups in total. The third kappa shape index (κ3) is 2.01. The standard InChI is InChI=1S/C20H32N2O/c1-18-5-13-6-19(2,10-18)12-20(7-13,11-18)17(23)22-8-14-3-4-16(21)15(14)9-22/h13-16H,3-12,21H2,1-2H3. The summed E-state index contributed by atoms with van der Waals surface area (Å²) in [5, 5.41) is 0. The van der Waals surface area contributed by atoms with Crippen molar-refractivity contribution in [2.24, 2.45) is 39.7 Å². The summed E-state index contributed by atoms with van der Waals surface area (Å²) in [6, 6.07) is 0.337. The van der Waals surface area contributed by atoms with E-state index in [1.165, 1.54) is 38.5 Å². The van der Waals surface area contributed by atoms with Gasteiger partial charge in [-0.15, -0.1) is 0 Å². The molecule has 0 aromatic rings. The number of hydrogen-bond donors (Lipinski definition) is 1. The Bertz CT molecular complexity index is 540. The van der Waals surface area contributed by atoms with Crippen LogP contribution >= 0.6 is 0 Å². The summed E-state index contributed by atoms with van der Waals surface area (Å²) < 4.78 is 0. The smallest absolute Gasteiger partial charge is 0.228 e. The monoisotopic (exact) mass is 316 g/mol. The van der Waals surface area contributed by atoms with Gasteiger partial charge in [0.15, 0.2) is 0 Å². The summed E-state index contributed by atoms with van der Waals surface area (Å²) in [5.41, 5.74) is 7.12. The summed E-state index contributed by atoms with van der Waals surface area (Å²) >= 11 is 0. The number of carbonyl (C=O) groups excluding carboxylic acids is 1. The van der Waals surface area contributed by atoms with E-state index in [2.05, 4.69) is 18.7 Å². The maximum absolute atomic E-state index is 13.6. The van der Waals surface area contributed by atoms with Crippen LogP contribution in [0.25, 0.3) is 0 Å². The molecule has 23 heavy (non-hydrogen) atoms. The van der Waals surface area contributed by atoms with Crippen molar-refractivity contribution in [3.05, 3.63) is 0 Å². The van der Waals surface area contributed by atoms with Gasteiger partial charge in [-0.25, -0.2) is 0 Å². The van der Waals surface area contributed by atoms with Gasteiger partial charge in [-0.2, -0.15) is 0 Å². The fourth-order valence-electron chi connectivity index (χ4n) is 8.49. The van der Waals surface area contributed by atoms with Crippen LogP contribution in [0.5, 0.6) is 0 Å². The Morgan fingerprint density at radius 3 is 2.30 bits per heavy atom. The predicted octanol–water partition coefficient (Wildman–Crippen LogP) is 3.18. The average molecular weight is 316 g/mol. The molecule has 0 radical (unpaired) electrons. The number of carbonyl (C=O) groups is 1. The Labute approximate surface area is 140 Å². The normalized spacial score (nSPS) is 57.1. The van der Waals surface area contributed by atoms with Gasteiger partial charge in [-0.05, 0) is 80.0 Å². The van der Waals surface area contributed by atoms with Crippen LogP contribution in [0.4, 0.5) is 0 Å². The Hall–Kier alpha value is -0.570. The van der Waals surface area contributed by atoms with E-state index in [-0.39, 0.29) is 5.41 Å². The van der Waals surface area contributed by atoms with Gasteiger partial charge in [0.1, 0.15) is 0 Å². The summed E-state index contributed by atoms with van der Waals surface area (Å²) in [6.45, 7) is 6.88. The Morgan fingerprint density at radius 1 is 1.00 bits per heavy atom. The lowest BCUT2D eigenvalue weighted by molar-refractivity contribution is -0.178. The molecule has 5 atom stereocenters. The van der Waals surface area contributed by atoms with E-state index in [0.717, 1.165) is 31.8 Å². The van der Waals surface area contributed by atoms with Crippen LogP contribution in [-0.2, 0) is 4.79 Å². The van der Waals surface area contributed by atoms with Gasteiger partial charge < -0.3 is 10.6 Å². The molecule has 3 heteroatoms. The first-order valence-corrected chi connectivity index (χ1v) is 9.85. The SMILES string of the molecule is CC12CC3CC(C)(C1)CC(C(=O)N1CC4CCC(N)C4C1)(C3)C2. The molecule has 5 saturated carbocycles. The maximum atomic E-state index is 13.6. The first-order valence-electron chi connectivity index (χ1n) is 9.85. The largest absolute Gasteiger partial charge is 0.342 e. The summed E-state index contributed by atoms with van der Waals surface area (Å²) in [5.74, 6) is 2.59. The van der Waals surface area contributed by atoms with Crippen molar-refractivity contribution < 1.29 is 4.79 Å². The average Bonchev–Trinajstić information content (AvgIpc) is 2.96. The Kier molecular flexibility index (Phi) is 2.78. The van der Waals surface area contributed by atoms with E-state index in [1.807, 2.05) is 0 Å². The molecule has 0 aromatic heterocycles. The molecule has 5 aliphatic carbocycles. The first-order chi connectivity index (χ1) is 10.8. The van der Waals surface area contributed by atoms with Gasteiger partial charge in [-0.3, -0.25) is 4.79 Å². The van der Waals surface area contributed by atoms with Crippen LogP contribution in [-0.4, -0.2) is 29.9 Å². The minimum atomic E-state index is -0.0222. The molecular formula is C20H32N2O. The van der Waals surface area contributed by atoms with E-state index < -0.39 is 0 Å². The fourth-order valence-corrected chi connectivity index (χ4v) is 8.49. The zero-order valence-electron chi connectivity index (χ0n) is 14.8. The van der Waals surface area contributed by atoms with Crippen LogP contribution < -0.4 is 5.73 Å². The van der Waals surface area contributed by atoms with Gasteiger partial charge in [-0.1, -0.05) is 13.8 Å². The Morgan fingerprint density at radius 2 is 1.70 bits per heavy atom. The van der Waals surface area contributed by atoms with E-state index in [0.29, 0.717) is 34.6 Å². The van der Waals surface area contributed by atoms with Crippen LogP contribution in [0, 0.1) is 34.0 Å². The number of rotatable bonds is 1. The number of hydrogen-bond acceptors (Lipinski definition) is 2. The molecule has 0 aromatic carbocycles. The summed E-state index contributed by atoms with van der Waals surface area (Å²) in [6.07, 6.45) is 9.98. The number of nitrogens with zero attached hydrogens (tertiary/aromatic N) is 1. The molecule has 6 aliphatic rings. The van der Waals surface area contributed by atoms with Gasteiger partial charge in [0.05, 0.1) is 5.41 Å². The lowest BCUT2D eigenvalue weighted by Crippen LogP contribution is -2.60. The van der Waals surface area contributed by atoms with E-state index in [9.17, 15) is 4.79 Å². The molecule has 0 spiro atoms. The second-order valence-corrected chi connectivity index (χ2v) is 10.8. The molecule has 4 bridgehead atoms. The first kappa shape index (κ1) is 14.7. The molecule has 5 unspecified atom stereocenters. The minimum Gasteiger partial charge on any atom is -0.342 e. The van der Waals surface area contributed by atoms with E-state index in [1.54, 1.807) is 0 Å². The van der Waals surface area contributed by atoms with Crippen molar-refractivity contribution >= 4 is 5.91 Å². The van der Waals surface area contributed by atoms with Crippen LogP contribution in [0.1, 0.15) is 65.2 Å². The number of amides is 1. The lowest BCUT2D eigenvalue weighted by Gasteiger charge is -2.65. The highest BCUT2D eigenvalue weighted by atomic mass is 16.2. The molecule has 1 saturated heterocycles.